The second-order valence-electron chi connectivity index (χ2n) is 6.39. The minimum atomic E-state index is -0.724. The average molecular weight is 437 g/mol. The van der Waals surface area contributed by atoms with Gasteiger partial charge >= 0.3 is 0 Å². The summed E-state index contributed by atoms with van der Waals surface area (Å²) in [6.45, 7) is 0. The highest BCUT2D eigenvalue weighted by molar-refractivity contribution is 7.98. The molecule has 0 aliphatic rings. The molecule has 10 heteroatoms. The molecule has 0 amide bonds. The summed E-state index contributed by atoms with van der Waals surface area (Å²) in [5.74, 6) is 0.466. The minimum absolute atomic E-state index is 0.136. The third kappa shape index (κ3) is 3.84. The standard InChI is InChI=1S/C21H13F2N5O2S/c22-14-8-9-16(15(23)11-14)28-19(13-5-2-1-3-6-13)25-26-21(28)31-12-18-24-20(30-27-18)17-7-4-10-29-17/h1-11H,12H2. The smallest absolute Gasteiger partial charge is 0.293 e. The first-order valence-electron chi connectivity index (χ1n) is 9.14. The molecule has 2 aromatic carbocycles. The molecule has 3 aromatic heterocycles. The van der Waals surface area contributed by atoms with E-state index in [1.807, 2.05) is 30.3 Å². The van der Waals surface area contributed by atoms with Gasteiger partial charge < -0.3 is 8.94 Å². The molecule has 0 saturated heterocycles. The quantitative estimate of drug-likeness (QED) is 0.340. The highest BCUT2D eigenvalue weighted by Crippen LogP contribution is 2.31. The van der Waals surface area contributed by atoms with E-state index in [4.69, 9.17) is 8.94 Å². The van der Waals surface area contributed by atoms with Crippen LogP contribution in [-0.2, 0) is 5.75 Å². The Kier molecular flexibility index (Phi) is 5.04. The number of thioether (sulfide) groups is 1. The number of halogens is 2. The maximum Gasteiger partial charge on any atom is 0.293 e. The lowest BCUT2D eigenvalue weighted by Crippen LogP contribution is -2.03. The number of hydrogen-bond donors (Lipinski definition) is 0. The van der Waals surface area contributed by atoms with Crippen LogP contribution >= 0.6 is 11.8 Å². The first-order valence-corrected chi connectivity index (χ1v) is 10.1. The lowest BCUT2D eigenvalue weighted by molar-refractivity contribution is 0.411. The van der Waals surface area contributed by atoms with Crippen LogP contribution in [0.2, 0.25) is 0 Å². The molecule has 0 spiro atoms. The van der Waals surface area contributed by atoms with Gasteiger partial charge in [-0.05, 0) is 24.3 Å². The zero-order valence-corrected chi connectivity index (χ0v) is 16.6. The molecule has 0 unspecified atom stereocenters. The summed E-state index contributed by atoms with van der Waals surface area (Å²) in [5, 5.41) is 12.8. The Morgan fingerprint density at radius 2 is 1.84 bits per heavy atom. The van der Waals surface area contributed by atoms with E-state index in [-0.39, 0.29) is 11.6 Å². The van der Waals surface area contributed by atoms with Crippen molar-refractivity contribution in [3.63, 3.8) is 0 Å². The fraction of sp³-hybridized carbons (Fsp3) is 0.0476. The van der Waals surface area contributed by atoms with E-state index < -0.39 is 11.6 Å². The van der Waals surface area contributed by atoms with Gasteiger partial charge in [0.05, 0.1) is 17.7 Å². The topological polar surface area (TPSA) is 82.8 Å². The van der Waals surface area contributed by atoms with Crippen molar-refractivity contribution in [3.8, 4) is 28.7 Å². The molecule has 0 radical (unpaired) electrons. The molecule has 0 fully saturated rings. The first kappa shape index (κ1) is 19.2. The highest BCUT2D eigenvalue weighted by atomic mass is 32.2. The van der Waals surface area contributed by atoms with Gasteiger partial charge in [-0.3, -0.25) is 4.57 Å². The first-order chi connectivity index (χ1) is 15.2. The van der Waals surface area contributed by atoms with Crippen molar-refractivity contribution < 1.29 is 17.7 Å². The zero-order valence-electron chi connectivity index (χ0n) is 15.8. The van der Waals surface area contributed by atoms with Gasteiger partial charge in [0, 0.05) is 11.6 Å². The summed E-state index contributed by atoms with van der Waals surface area (Å²) < 4.78 is 40.1. The van der Waals surface area contributed by atoms with Gasteiger partial charge in [0.2, 0.25) is 0 Å². The Labute approximate surface area is 178 Å². The molecule has 0 saturated carbocycles. The maximum absolute atomic E-state index is 14.6. The van der Waals surface area contributed by atoms with Crippen LogP contribution in [0.5, 0.6) is 0 Å². The van der Waals surface area contributed by atoms with E-state index >= 15 is 0 Å². The maximum atomic E-state index is 14.6. The van der Waals surface area contributed by atoms with Crippen LogP contribution in [0.25, 0.3) is 28.7 Å². The Morgan fingerprint density at radius 3 is 2.61 bits per heavy atom. The predicted molar refractivity (Wildman–Crippen MR) is 108 cm³/mol. The fourth-order valence-electron chi connectivity index (χ4n) is 2.96. The van der Waals surface area contributed by atoms with Crippen molar-refractivity contribution in [2.45, 2.75) is 10.9 Å². The number of hydrogen-bond acceptors (Lipinski definition) is 7. The van der Waals surface area contributed by atoms with Gasteiger partial charge in [-0.1, -0.05) is 47.3 Å². The third-order valence-corrected chi connectivity index (χ3v) is 5.27. The Bertz CT molecular complexity index is 1320. The summed E-state index contributed by atoms with van der Waals surface area (Å²) in [6, 6.07) is 16.0. The second kappa shape index (κ2) is 8.15. The molecule has 31 heavy (non-hydrogen) atoms. The molecule has 0 atom stereocenters. The molecule has 0 aliphatic carbocycles. The Morgan fingerprint density at radius 1 is 0.968 bits per heavy atom. The summed E-state index contributed by atoms with van der Waals surface area (Å²) in [5.41, 5.74) is 0.877. The fourth-order valence-corrected chi connectivity index (χ4v) is 3.75. The molecular weight excluding hydrogens is 424 g/mol. The van der Waals surface area contributed by atoms with Gasteiger partial charge in [0.25, 0.3) is 5.89 Å². The molecule has 0 N–H and O–H groups in total. The van der Waals surface area contributed by atoms with E-state index in [1.54, 1.807) is 16.7 Å². The molecule has 0 aliphatic heterocycles. The number of nitrogens with zero attached hydrogens (tertiary/aromatic N) is 5. The van der Waals surface area contributed by atoms with Crippen molar-refractivity contribution >= 4 is 11.8 Å². The summed E-state index contributed by atoms with van der Waals surface area (Å²) in [4.78, 5) is 4.29. The van der Waals surface area contributed by atoms with Gasteiger partial charge in [0.1, 0.15) is 11.6 Å². The van der Waals surface area contributed by atoms with Crippen LogP contribution in [0.15, 0.2) is 81.0 Å². The molecule has 5 rings (SSSR count). The molecule has 3 heterocycles. The number of furan rings is 1. The van der Waals surface area contributed by atoms with Crippen molar-refractivity contribution in [2.24, 2.45) is 0 Å². The zero-order chi connectivity index (χ0) is 21.2. The number of benzene rings is 2. The number of aromatic nitrogens is 5. The normalized spacial score (nSPS) is 11.2. The van der Waals surface area contributed by atoms with Crippen molar-refractivity contribution in [3.05, 3.63) is 84.4 Å². The van der Waals surface area contributed by atoms with Crippen LogP contribution in [-0.4, -0.2) is 24.9 Å². The van der Waals surface area contributed by atoms with Gasteiger partial charge in [-0.15, -0.1) is 10.2 Å². The number of rotatable bonds is 6. The van der Waals surface area contributed by atoms with E-state index in [9.17, 15) is 8.78 Å². The Hall–Kier alpha value is -3.79. The summed E-state index contributed by atoms with van der Waals surface area (Å²) in [6.07, 6.45) is 1.51. The average Bonchev–Trinajstić information content (AvgIpc) is 3.53. The highest BCUT2D eigenvalue weighted by Gasteiger charge is 2.20. The third-order valence-electron chi connectivity index (χ3n) is 4.35. The van der Waals surface area contributed by atoms with Crippen molar-refractivity contribution in [1.82, 2.24) is 24.9 Å². The largest absolute Gasteiger partial charge is 0.459 e. The van der Waals surface area contributed by atoms with Crippen LogP contribution in [0, 0.1) is 11.6 Å². The van der Waals surface area contributed by atoms with Crippen LogP contribution in [0.1, 0.15) is 5.82 Å². The lowest BCUT2D eigenvalue weighted by atomic mass is 10.2. The second-order valence-corrected chi connectivity index (χ2v) is 7.33. The molecule has 154 valence electrons. The van der Waals surface area contributed by atoms with Gasteiger partial charge in [0.15, 0.2) is 22.6 Å². The van der Waals surface area contributed by atoms with Crippen LogP contribution < -0.4 is 0 Å². The van der Waals surface area contributed by atoms with Crippen LogP contribution in [0.3, 0.4) is 0 Å². The molecule has 0 bridgehead atoms. The summed E-state index contributed by atoms with van der Waals surface area (Å²) in [7, 11) is 0. The van der Waals surface area contributed by atoms with E-state index in [2.05, 4.69) is 20.3 Å². The van der Waals surface area contributed by atoms with Crippen molar-refractivity contribution in [1.29, 1.82) is 0 Å². The molecular formula is C21H13F2N5O2S. The monoisotopic (exact) mass is 437 g/mol. The van der Waals surface area contributed by atoms with E-state index in [0.717, 1.165) is 11.6 Å². The van der Waals surface area contributed by atoms with Crippen molar-refractivity contribution in [2.75, 3.05) is 0 Å². The Balaban J connectivity index is 1.49. The molecule has 7 nitrogen and oxygen atoms in total. The minimum Gasteiger partial charge on any atom is -0.459 e. The van der Waals surface area contributed by atoms with Gasteiger partial charge in [-0.2, -0.15) is 4.98 Å². The SMILES string of the molecule is Fc1ccc(-n2c(SCc3noc(-c4ccco4)n3)nnc2-c2ccccc2)c(F)c1. The van der Waals surface area contributed by atoms with Gasteiger partial charge in [-0.25, -0.2) is 8.78 Å². The molecule has 5 aromatic rings. The lowest BCUT2D eigenvalue weighted by Gasteiger charge is -2.11. The summed E-state index contributed by atoms with van der Waals surface area (Å²) >= 11 is 1.25. The van der Waals surface area contributed by atoms with E-state index in [1.165, 1.54) is 30.2 Å². The van der Waals surface area contributed by atoms with Crippen LogP contribution in [0.4, 0.5) is 8.78 Å². The van der Waals surface area contributed by atoms with E-state index in [0.29, 0.717) is 28.3 Å². The predicted octanol–water partition coefficient (Wildman–Crippen LogP) is 5.15.